The van der Waals surface area contributed by atoms with Gasteiger partial charge in [-0.1, -0.05) is 58.4 Å². The van der Waals surface area contributed by atoms with Crippen molar-refractivity contribution in [3.63, 3.8) is 0 Å². The summed E-state index contributed by atoms with van der Waals surface area (Å²) in [5, 5.41) is 2.19. The number of amidine groups is 1. The lowest BCUT2D eigenvalue weighted by atomic mass is 9.87. The third-order valence-corrected chi connectivity index (χ3v) is 8.20. The predicted molar refractivity (Wildman–Crippen MR) is 122 cm³/mol. The van der Waals surface area contributed by atoms with Gasteiger partial charge in [0.25, 0.3) is 5.91 Å². The number of thiophene rings is 1. The van der Waals surface area contributed by atoms with Gasteiger partial charge < -0.3 is 11.5 Å². The number of carbonyl (C=O) groups is 1. The number of hydrogen-bond acceptors (Lipinski definition) is 4. The van der Waals surface area contributed by atoms with Crippen LogP contribution in [0.2, 0.25) is 0 Å². The number of carbonyl (C=O) groups excluding carboxylic acids is 1. The van der Waals surface area contributed by atoms with Gasteiger partial charge in [0.15, 0.2) is 0 Å². The van der Waals surface area contributed by atoms with Crippen molar-refractivity contribution in [1.29, 1.82) is 0 Å². The lowest BCUT2D eigenvalue weighted by Gasteiger charge is -2.19. The average molecular weight is 420 g/mol. The topological polar surface area (TPSA) is 98.5 Å². The molecular formula is C21H29N3O2S2. The molecule has 0 aliphatic rings. The molecule has 1 amide bonds. The van der Waals surface area contributed by atoms with Crippen LogP contribution < -0.4 is 11.5 Å². The first kappa shape index (κ1) is 22.2. The molecule has 4 N–H and O–H groups in total. The first-order chi connectivity index (χ1) is 13.0. The molecule has 7 heteroatoms. The predicted octanol–water partition coefficient (Wildman–Crippen LogP) is 4.06. The van der Waals surface area contributed by atoms with Crippen LogP contribution in [0.3, 0.4) is 0 Å². The molecule has 28 heavy (non-hydrogen) atoms. The number of nitrogens with zero attached hydrogens (tertiary/aromatic N) is 1. The summed E-state index contributed by atoms with van der Waals surface area (Å²) in [6, 6.07) is 9.44. The number of nitrogens with two attached hydrogens (primary N) is 2. The van der Waals surface area contributed by atoms with Crippen LogP contribution in [0.5, 0.6) is 0 Å². The highest BCUT2D eigenvalue weighted by molar-refractivity contribution is 8.02. The van der Waals surface area contributed by atoms with Gasteiger partial charge in [0.2, 0.25) is 0 Å². The molecule has 152 valence electrons. The highest BCUT2D eigenvalue weighted by Crippen LogP contribution is 2.34. The van der Waals surface area contributed by atoms with Crippen molar-refractivity contribution in [2.24, 2.45) is 16.5 Å². The van der Waals surface area contributed by atoms with Crippen LogP contribution in [0.25, 0.3) is 0 Å². The Morgan fingerprint density at radius 1 is 1.21 bits per heavy atom. The van der Waals surface area contributed by atoms with Gasteiger partial charge in [-0.2, -0.15) is 0 Å². The number of amides is 1. The van der Waals surface area contributed by atoms with Crippen LogP contribution in [0, 0.1) is 0 Å². The van der Waals surface area contributed by atoms with Crippen molar-refractivity contribution in [2.45, 2.75) is 50.2 Å². The molecule has 5 nitrogen and oxygen atoms in total. The Hall–Kier alpha value is -2.12. The number of hydrogen-bond donors (Lipinski definition) is 2. The van der Waals surface area contributed by atoms with Gasteiger partial charge in [0, 0.05) is 21.3 Å². The fraction of sp³-hybridized carbons (Fsp3) is 0.381. The van der Waals surface area contributed by atoms with Crippen molar-refractivity contribution < 1.29 is 9.00 Å². The number of benzene rings is 1. The normalized spacial score (nSPS) is 14.5. The second-order valence-electron chi connectivity index (χ2n) is 7.83. The van der Waals surface area contributed by atoms with Crippen LogP contribution in [-0.4, -0.2) is 27.6 Å². The number of rotatable bonds is 6. The first-order valence-electron chi connectivity index (χ1n) is 9.17. The monoisotopic (exact) mass is 419 g/mol. The molecule has 0 bridgehead atoms. The van der Waals surface area contributed by atoms with Crippen molar-refractivity contribution in [3.05, 3.63) is 47.0 Å². The molecule has 0 aliphatic carbocycles. The van der Waals surface area contributed by atoms with E-state index in [9.17, 15) is 9.00 Å². The second-order valence-corrected chi connectivity index (χ2v) is 11.7. The molecule has 1 heterocycles. The Morgan fingerprint density at radius 3 is 2.32 bits per heavy atom. The van der Waals surface area contributed by atoms with E-state index in [-0.39, 0.29) is 16.8 Å². The smallest absolute Gasteiger partial charge is 0.251 e. The fourth-order valence-corrected chi connectivity index (χ4v) is 5.64. The van der Waals surface area contributed by atoms with Gasteiger partial charge in [-0.3, -0.25) is 9.00 Å². The third kappa shape index (κ3) is 5.23. The molecule has 0 saturated heterocycles. The first-order valence-corrected chi connectivity index (χ1v) is 12.0. The van der Waals surface area contributed by atoms with E-state index in [1.54, 1.807) is 17.7 Å². The maximum atomic E-state index is 12.9. The van der Waals surface area contributed by atoms with Gasteiger partial charge in [-0.05, 0) is 28.8 Å². The number of aliphatic imine (C=N–C) groups is 1. The lowest BCUT2D eigenvalue weighted by molar-refractivity contribution is 0.100. The summed E-state index contributed by atoms with van der Waals surface area (Å²) in [5.74, 6) is -0.320. The summed E-state index contributed by atoms with van der Waals surface area (Å²) in [6.07, 6.45) is 3.31. The largest absolute Gasteiger partial charge is 0.383 e. The minimum Gasteiger partial charge on any atom is -0.383 e. The highest BCUT2D eigenvalue weighted by atomic mass is 32.2. The average Bonchev–Trinajstić information content (AvgIpc) is 3.04. The summed E-state index contributed by atoms with van der Waals surface area (Å²) in [7, 11) is -2.35. The SMILES string of the molecule is CCCC=S(C)(=O)c1cc(C(N)=O)c(N=C(N)c2ccc(C(C)(C)C)cc2)s1. The van der Waals surface area contributed by atoms with Gasteiger partial charge in [-0.25, -0.2) is 4.99 Å². The highest BCUT2D eigenvalue weighted by Gasteiger charge is 2.18. The van der Waals surface area contributed by atoms with Crippen molar-refractivity contribution in [1.82, 2.24) is 0 Å². The number of unbranched alkanes of at least 4 members (excludes halogenated alkanes) is 1. The minimum absolute atomic E-state index is 0.0442. The van der Waals surface area contributed by atoms with Crippen molar-refractivity contribution >= 4 is 43.0 Å². The van der Waals surface area contributed by atoms with Crippen molar-refractivity contribution in [3.8, 4) is 0 Å². The Labute approximate surface area is 171 Å². The van der Waals surface area contributed by atoms with Crippen LogP contribution in [0.4, 0.5) is 5.00 Å². The van der Waals surface area contributed by atoms with E-state index in [4.69, 9.17) is 11.5 Å². The van der Waals surface area contributed by atoms with E-state index in [1.165, 1.54) is 16.9 Å². The van der Waals surface area contributed by atoms with E-state index in [2.05, 4.69) is 25.8 Å². The molecule has 1 aromatic carbocycles. The lowest BCUT2D eigenvalue weighted by Crippen LogP contribution is -2.15. The van der Waals surface area contributed by atoms with Crippen LogP contribution in [0.15, 0.2) is 39.5 Å². The molecule has 0 spiro atoms. The van der Waals surface area contributed by atoms with Crippen LogP contribution >= 0.6 is 11.3 Å². The van der Waals surface area contributed by atoms with Crippen LogP contribution in [0.1, 0.15) is 62.0 Å². The summed E-state index contributed by atoms with van der Waals surface area (Å²) < 4.78 is 13.5. The molecule has 1 atom stereocenters. The Balaban J connectivity index is 2.46. The van der Waals surface area contributed by atoms with Gasteiger partial charge >= 0.3 is 0 Å². The minimum atomic E-state index is -2.35. The zero-order valence-corrected chi connectivity index (χ0v) is 18.7. The summed E-state index contributed by atoms with van der Waals surface area (Å²) in [4.78, 5) is 16.3. The molecular weight excluding hydrogens is 390 g/mol. The van der Waals surface area contributed by atoms with E-state index >= 15 is 0 Å². The van der Waals surface area contributed by atoms with Gasteiger partial charge in [0.05, 0.1) is 9.77 Å². The molecule has 1 unspecified atom stereocenters. The Kier molecular flexibility index (Phi) is 6.72. The summed E-state index contributed by atoms with van der Waals surface area (Å²) in [5.41, 5.74) is 13.9. The second kappa shape index (κ2) is 8.49. The van der Waals surface area contributed by atoms with Gasteiger partial charge in [-0.15, -0.1) is 11.3 Å². The molecule has 1 aromatic heterocycles. The zero-order chi connectivity index (χ0) is 21.1. The molecule has 0 fully saturated rings. The maximum absolute atomic E-state index is 12.9. The van der Waals surface area contributed by atoms with E-state index in [0.29, 0.717) is 9.21 Å². The molecule has 0 saturated carbocycles. The molecule has 0 aliphatic heterocycles. The van der Waals surface area contributed by atoms with E-state index in [0.717, 1.165) is 18.4 Å². The zero-order valence-electron chi connectivity index (χ0n) is 17.1. The summed E-state index contributed by atoms with van der Waals surface area (Å²) in [6.45, 7) is 8.45. The molecule has 0 radical (unpaired) electrons. The van der Waals surface area contributed by atoms with Crippen molar-refractivity contribution in [2.75, 3.05) is 6.26 Å². The standard InChI is InChI=1S/C21H29N3O2S2/c1-6-7-12-28(5,26)17-13-16(19(23)25)20(27-17)24-18(22)14-8-10-15(11-9-14)21(2,3)4/h8-13H,6-7H2,1-5H3,(H2,22,24)(H2,23,25). The summed E-state index contributed by atoms with van der Waals surface area (Å²) >= 11 is 1.20. The number of primary amides is 1. The molecule has 2 aromatic rings. The maximum Gasteiger partial charge on any atom is 0.251 e. The van der Waals surface area contributed by atoms with Crippen LogP contribution in [-0.2, 0) is 14.9 Å². The van der Waals surface area contributed by atoms with E-state index < -0.39 is 15.4 Å². The fourth-order valence-electron chi connectivity index (χ4n) is 2.56. The quantitative estimate of drug-likeness (QED) is 0.420. The van der Waals surface area contributed by atoms with Gasteiger partial charge in [0.1, 0.15) is 10.8 Å². The van der Waals surface area contributed by atoms with E-state index in [1.807, 2.05) is 31.2 Å². The molecule has 2 rings (SSSR count). The Morgan fingerprint density at radius 2 is 1.82 bits per heavy atom. The third-order valence-electron chi connectivity index (χ3n) is 4.35. The Bertz CT molecular complexity index is 1000.